The van der Waals surface area contributed by atoms with Crippen LogP contribution in [-0.2, 0) is 6.42 Å². The van der Waals surface area contributed by atoms with Crippen LogP contribution in [0.4, 0.5) is 5.95 Å². The molecule has 0 spiro atoms. The van der Waals surface area contributed by atoms with E-state index in [2.05, 4.69) is 55.9 Å². The summed E-state index contributed by atoms with van der Waals surface area (Å²) in [6.45, 7) is 4.64. The summed E-state index contributed by atoms with van der Waals surface area (Å²) in [5.41, 5.74) is 3.27. The van der Waals surface area contributed by atoms with Crippen LogP contribution in [0.25, 0.3) is 10.9 Å². The maximum Gasteiger partial charge on any atom is 0.230 e. The molecule has 2 heterocycles. The third-order valence-corrected chi connectivity index (χ3v) is 4.60. The fraction of sp³-hybridized carbons (Fsp3) is 0.250. The molecule has 2 aromatic carbocycles. The monoisotopic (exact) mass is 347 g/mol. The van der Waals surface area contributed by atoms with Gasteiger partial charge in [0.1, 0.15) is 0 Å². The Morgan fingerprint density at radius 2 is 1.85 bits per heavy atom. The molecule has 1 unspecified atom stereocenters. The highest BCUT2D eigenvalue weighted by Crippen LogP contribution is 2.16. The van der Waals surface area contributed by atoms with Crippen molar-refractivity contribution in [3.8, 4) is 0 Å². The number of hydrogen-bond acceptors (Lipinski definition) is 5. The van der Waals surface area contributed by atoms with Crippen LogP contribution in [0.1, 0.15) is 11.3 Å². The minimum absolute atomic E-state index is 0.584. The molecule has 1 aliphatic rings. The minimum Gasteiger partial charge on any atom is -0.309 e. The Bertz CT molecular complexity index is 922. The van der Waals surface area contributed by atoms with Crippen LogP contribution >= 0.6 is 0 Å². The minimum atomic E-state index is 0.584. The van der Waals surface area contributed by atoms with Crippen molar-refractivity contribution in [2.75, 3.05) is 25.2 Å². The largest absolute Gasteiger partial charge is 0.309 e. The Labute approximate surface area is 153 Å². The lowest BCUT2D eigenvalue weighted by atomic mass is 10.1. The molecular formula is C20H23N6+. The van der Waals surface area contributed by atoms with Crippen LogP contribution in [0, 0.1) is 6.92 Å². The number of aryl methyl sites for hydroxylation is 1. The van der Waals surface area contributed by atoms with Crippen molar-refractivity contribution in [2.45, 2.75) is 13.3 Å². The molecule has 4 rings (SSSR count). The van der Waals surface area contributed by atoms with Crippen molar-refractivity contribution >= 4 is 22.8 Å². The van der Waals surface area contributed by atoms with Crippen molar-refractivity contribution in [1.82, 2.24) is 15.3 Å². The number of rotatable bonds is 4. The van der Waals surface area contributed by atoms with Gasteiger partial charge < -0.3 is 5.32 Å². The van der Waals surface area contributed by atoms with E-state index in [9.17, 15) is 0 Å². The van der Waals surface area contributed by atoms with E-state index in [1.165, 1.54) is 10.5 Å². The zero-order chi connectivity index (χ0) is 17.8. The number of benzene rings is 2. The summed E-state index contributed by atoms with van der Waals surface area (Å²) in [7, 11) is 0. The Morgan fingerprint density at radius 1 is 1.04 bits per heavy atom. The number of aromatic nitrogens is 2. The molecule has 0 fully saturated rings. The van der Waals surface area contributed by atoms with Gasteiger partial charge in [-0.05, 0) is 18.6 Å². The van der Waals surface area contributed by atoms with Gasteiger partial charge in [-0.2, -0.15) is 4.99 Å². The van der Waals surface area contributed by atoms with Gasteiger partial charge in [-0.15, -0.1) is 0 Å². The number of nitrogens with one attached hydrogen (secondary N) is 3. The van der Waals surface area contributed by atoms with Crippen molar-refractivity contribution in [3.63, 3.8) is 0 Å². The van der Waals surface area contributed by atoms with Crippen LogP contribution in [-0.4, -0.2) is 35.8 Å². The average molecular weight is 347 g/mol. The summed E-state index contributed by atoms with van der Waals surface area (Å²) in [5.74, 6) is 1.32. The molecule has 6 nitrogen and oxygen atoms in total. The first-order valence-electron chi connectivity index (χ1n) is 8.94. The standard InChI is InChI=1S/C20H22N6/c1-15-17-9-5-6-10-18(17)24-20(23-15)25-19-21-13-26(14-22-19)12-11-16-7-3-2-4-8-16/h2-10H,11-14H2,1H3,(H2,21,22,23,24,25)/p+1. The van der Waals surface area contributed by atoms with Crippen molar-refractivity contribution in [1.29, 1.82) is 0 Å². The lowest BCUT2D eigenvalue weighted by molar-refractivity contribution is -0.902. The number of guanidine groups is 1. The molecule has 0 saturated heterocycles. The number of fused-ring (bicyclic) bond motifs is 1. The quantitative estimate of drug-likeness (QED) is 0.667. The van der Waals surface area contributed by atoms with E-state index in [-0.39, 0.29) is 0 Å². The summed E-state index contributed by atoms with van der Waals surface area (Å²) < 4.78 is 0. The van der Waals surface area contributed by atoms with Crippen LogP contribution in [0.5, 0.6) is 0 Å². The lowest BCUT2D eigenvalue weighted by Gasteiger charge is -2.24. The van der Waals surface area contributed by atoms with E-state index in [1.807, 2.05) is 31.2 Å². The van der Waals surface area contributed by atoms with E-state index in [0.717, 1.165) is 48.9 Å². The maximum absolute atomic E-state index is 4.61. The summed E-state index contributed by atoms with van der Waals surface area (Å²) in [6, 6.07) is 18.6. The second-order valence-corrected chi connectivity index (χ2v) is 6.53. The number of para-hydroxylation sites is 1. The Kier molecular flexibility index (Phi) is 4.75. The normalized spacial score (nSPS) is 16.8. The van der Waals surface area contributed by atoms with Crippen molar-refractivity contribution in [3.05, 3.63) is 65.9 Å². The van der Waals surface area contributed by atoms with Gasteiger partial charge in [0.25, 0.3) is 0 Å². The second-order valence-electron chi connectivity index (χ2n) is 6.53. The first-order chi connectivity index (χ1) is 12.8. The summed E-state index contributed by atoms with van der Waals surface area (Å²) in [4.78, 5) is 15.1. The van der Waals surface area contributed by atoms with Gasteiger partial charge in [-0.1, -0.05) is 48.5 Å². The highest BCUT2D eigenvalue weighted by atomic mass is 15.4. The fourth-order valence-electron chi connectivity index (χ4n) is 3.13. The number of aliphatic imine (C=N–C) groups is 1. The van der Waals surface area contributed by atoms with E-state index >= 15 is 0 Å². The molecule has 0 aliphatic carbocycles. The summed E-state index contributed by atoms with van der Waals surface area (Å²) >= 11 is 0. The predicted octanol–water partition coefficient (Wildman–Crippen LogP) is 1.35. The molecule has 1 aromatic heterocycles. The Balaban J connectivity index is 1.37. The van der Waals surface area contributed by atoms with Crippen LogP contribution < -0.4 is 15.5 Å². The molecule has 1 atom stereocenters. The van der Waals surface area contributed by atoms with E-state index in [4.69, 9.17) is 0 Å². The molecule has 6 heteroatoms. The molecule has 26 heavy (non-hydrogen) atoms. The molecule has 0 radical (unpaired) electrons. The van der Waals surface area contributed by atoms with Crippen molar-refractivity contribution in [2.24, 2.45) is 4.99 Å². The lowest BCUT2D eigenvalue weighted by Crippen LogP contribution is -3.14. The first kappa shape index (κ1) is 16.5. The third kappa shape index (κ3) is 3.81. The molecule has 0 bridgehead atoms. The van der Waals surface area contributed by atoms with Gasteiger partial charge in [-0.3, -0.25) is 10.2 Å². The number of hydrogen-bond donors (Lipinski definition) is 3. The zero-order valence-electron chi connectivity index (χ0n) is 14.9. The predicted molar refractivity (Wildman–Crippen MR) is 104 cm³/mol. The van der Waals surface area contributed by atoms with E-state index in [0.29, 0.717) is 5.95 Å². The number of nitrogens with zero attached hydrogens (tertiary/aromatic N) is 3. The van der Waals surface area contributed by atoms with Gasteiger partial charge in [0.15, 0.2) is 13.3 Å². The average Bonchev–Trinajstić information content (AvgIpc) is 2.68. The number of quaternary nitrogens is 1. The van der Waals surface area contributed by atoms with Gasteiger partial charge in [0, 0.05) is 11.8 Å². The zero-order valence-corrected chi connectivity index (χ0v) is 14.9. The summed E-state index contributed by atoms with van der Waals surface area (Å²) in [6.07, 6.45) is 1.06. The first-order valence-corrected chi connectivity index (χ1v) is 8.94. The molecular weight excluding hydrogens is 324 g/mol. The van der Waals surface area contributed by atoms with E-state index in [1.54, 1.807) is 0 Å². The van der Waals surface area contributed by atoms with Gasteiger partial charge in [0.05, 0.1) is 17.8 Å². The molecule has 3 N–H and O–H groups in total. The highest BCUT2D eigenvalue weighted by Gasteiger charge is 2.16. The Morgan fingerprint density at radius 3 is 2.65 bits per heavy atom. The van der Waals surface area contributed by atoms with Gasteiger partial charge in [0.2, 0.25) is 11.9 Å². The molecule has 132 valence electrons. The van der Waals surface area contributed by atoms with Gasteiger partial charge in [-0.25, -0.2) is 9.97 Å². The van der Waals surface area contributed by atoms with Crippen molar-refractivity contribution < 1.29 is 4.90 Å². The van der Waals surface area contributed by atoms with Crippen LogP contribution in [0.15, 0.2) is 59.6 Å². The molecule has 0 amide bonds. The van der Waals surface area contributed by atoms with E-state index < -0.39 is 0 Å². The second kappa shape index (κ2) is 7.49. The summed E-state index contributed by atoms with van der Waals surface area (Å²) in [5, 5.41) is 7.63. The highest BCUT2D eigenvalue weighted by molar-refractivity contribution is 5.93. The third-order valence-electron chi connectivity index (χ3n) is 4.60. The Hall–Kier alpha value is -2.99. The topological polar surface area (TPSA) is 66.6 Å². The fourth-order valence-corrected chi connectivity index (χ4v) is 3.13. The maximum atomic E-state index is 4.61. The van der Waals surface area contributed by atoms with Crippen LogP contribution in [0.3, 0.4) is 0 Å². The molecule has 0 saturated carbocycles. The molecule has 3 aromatic rings. The van der Waals surface area contributed by atoms with Crippen LogP contribution in [0.2, 0.25) is 0 Å². The van der Waals surface area contributed by atoms with Gasteiger partial charge >= 0.3 is 0 Å². The smallest absolute Gasteiger partial charge is 0.230 e. The number of anilines is 1. The SMILES string of the molecule is Cc1nc(NC2=NC[NH+](CCc3ccccc3)CN2)nc2ccccc12. The molecule has 1 aliphatic heterocycles.